The van der Waals surface area contributed by atoms with Gasteiger partial charge in [-0.3, -0.25) is 4.79 Å². The van der Waals surface area contributed by atoms with E-state index in [1.165, 1.54) is 0 Å². The molecule has 1 aliphatic rings. The first-order chi connectivity index (χ1) is 4.86. The molecule has 0 spiro atoms. The number of allylic oxidation sites excluding steroid dienone is 2. The summed E-state index contributed by atoms with van der Waals surface area (Å²) in [5, 5.41) is 0. The molecule has 0 saturated carbocycles. The molecule has 1 rings (SSSR count). The zero-order valence-electron chi connectivity index (χ0n) is 6.08. The summed E-state index contributed by atoms with van der Waals surface area (Å²) in [6.45, 7) is 2.97. The van der Waals surface area contributed by atoms with Crippen LogP contribution in [0.15, 0.2) is 24.0 Å². The summed E-state index contributed by atoms with van der Waals surface area (Å²) in [5.41, 5.74) is 0.851. The van der Waals surface area contributed by atoms with Gasteiger partial charge in [-0.05, 0) is 19.5 Å². The van der Waals surface area contributed by atoms with Crippen LogP contribution in [0.4, 0.5) is 0 Å². The molecule has 10 heavy (non-hydrogen) atoms. The molecule has 0 aromatic rings. The maximum Gasteiger partial charge on any atom is 0.147 e. The average molecular weight is 137 g/mol. The number of aldehydes is 1. The Hall–Kier alpha value is -1.05. The molecule has 0 amide bonds. The van der Waals surface area contributed by atoms with Crippen LogP contribution in [0, 0.1) is 0 Å². The molecule has 54 valence electrons. The summed E-state index contributed by atoms with van der Waals surface area (Å²) in [6.07, 6.45) is 7.55. The Labute approximate surface area is 60.8 Å². The lowest BCUT2D eigenvalue weighted by Crippen LogP contribution is -2.12. The zero-order chi connectivity index (χ0) is 7.40. The number of carbonyl (C=O) groups is 1. The number of carbonyl (C=O) groups excluding carboxylic acids is 1. The van der Waals surface area contributed by atoms with Crippen molar-refractivity contribution in [2.24, 2.45) is 0 Å². The first kappa shape index (κ1) is 7.06. The van der Waals surface area contributed by atoms with Crippen molar-refractivity contribution in [2.45, 2.75) is 13.3 Å². The van der Waals surface area contributed by atoms with E-state index in [9.17, 15) is 4.79 Å². The second kappa shape index (κ2) is 3.20. The van der Waals surface area contributed by atoms with Gasteiger partial charge >= 0.3 is 0 Å². The van der Waals surface area contributed by atoms with Gasteiger partial charge in [0.25, 0.3) is 0 Å². The highest BCUT2D eigenvalue weighted by Crippen LogP contribution is 2.08. The lowest BCUT2D eigenvalue weighted by molar-refractivity contribution is -0.105. The summed E-state index contributed by atoms with van der Waals surface area (Å²) < 4.78 is 0. The molecule has 0 aromatic carbocycles. The molecule has 0 N–H and O–H groups in total. The van der Waals surface area contributed by atoms with E-state index >= 15 is 0 Å². The fourth-order valence-corrected chi connectivity index (χ4v) is 0.908. The number of rotatable bonds is 2. The van der Waals surface area contributed by atoms with Crippen LogP contribution in [-0.2, 0) is 4.79 Å². The van der Waals surface area contributed by atoms with Gasteiger partial charge in [-0.15, -0.1) is 0 Å². The molecular formula is C8H11NO. The predicted octanol–water partition coefficient (Wildman–Crippen LogP) is 1.31. The third-order valence-corrected chi connectivity index (χ3v) is 1.50. The van der Waals surface area contributed by atoms with E-state index in [0.29, 0.717) is 0 Å². The second-order valence-electron chi connectivity index (χ2n) is 2.24. The van der Waals surface area contributed by atoms with Crippen molar-refractivity contribution < 1.29 is 4.79 Å². The molecule has 0 aromatic heterocycles. The quantitative estimate of drug-likeness (QED) is 0.535. The first-order valence-electron chi connectivity index (χ1n) is 3.45. The Kier molecular flexibility index (Phi) is 2.26. The van der Waals surface area contributed by atoms with Crippen LogP contribution in [-0.4, -0.2) is 17.7 Å². The van der Waals surface area contributed by atoms with Crippen LogP contribution in [0.25, 0.3) is 0 Å². The molecule has 0 aliphatic carbocycles. The van der Waals surface area contributed by atoms with Crippen molar-refractivity contribution in [1.82, 2.24) is 4.90 Å². The van der Waals surface area contributed by atoms with Crippen LogP contribution in [0.3, 0.4) is 0 Å². The Morgan fingerprint density at radius 3 is 3.20 bits per heavy atom. The van der Waals surface area contributed by atoms with E-state index in [2.05, 4.69) is 6.92 Å². The summed E-state index contributed by atoms with van der Waals surface area (Å²) in [4.78, 5) is 12.3. The molecule has 0 atom stereocenters. The van der Waals surface area contributed by atoms with Crippen LogP contribution in [0.2, 0.25) is 0 Å². The molecule has 0 saturated heterocycles. The SMILES string of the molecule is CCN1C=CCC(C=O)=C1. The van der Waals surface area contributed by atoms with Gasteiger partial charge < -0.3 is 4.90 Å². The Morgan fingerprint density at radius 1 is 1.80 bits per heavy atom. The van der Waals surface area contributed by atoms with E-state index < -0.39 is 0 Å². The zero-order valence-corrected chi connectivity index (χ0v) is 6.08. The minimum Gasteiger partial charge on any atom is -0.354 e. The third kappa shape index (κ3) is 1.47. The lowest BCUT2D eigenvalue weighted by Gasteiger charge is -2.16. The maximum atomic E-state index is 10.3. The highest BCUT2D eigenvalue weighted by molar-refractivity contribution is 5.73. The Balaban J connectivity index is 2.62. The van der Waals surface area contributed by atoms with Gasteiger partial charge in [-0.1, -0.05) is 6.08 Å². The molecule has 1 heterocycles. The molecule has 0 unspecified atom stereocenters. The van der Waals surface area contributed by atoms with E-state index in [1.54, 1.807) is 0 Å². The number of nitrogens with zero attached hydrogens (tertiary/aromatic N) is 1. The summed E-state index contributed by atoms with van der Waals surface area (Å²) in [5.74, 6) is 0. The van der Waals surface area contributed by atoms with Crippen molar-refractivity contribution >= 4 is 6.29 Å². The Morgan fingerprint density at radius 2 is 2.60 bits per heavy atom. The monoisotopic (exact) mass is 137 g/mol. The van der Waals surface area contributed by atoms with Gasteiger partial charge in [0.05, 0.1) is 0 Å². The highest BCUT2D eigenvalue weighted by Gasteiger charge is 2.00. The topological polar surface area (TPSA) is 20.3 Å². The van der Waals surface area contributed by atoms with E-state index in [-0.39, 0.29) is 0 Å². The second-order valence-corrected chi connectivity index (χ2v) is 2.24. The van der Waals surface area contributed by atoms with Gasteiger partial charge in [0.1, 0.15) is 6.29 Å². The number of hydrogen-bond acceptors (Lipinski definition) is 2. The summed E-state index contributed by atoms with van der Waals surface area (Å²) in [7, 11) is 0. The van der Waals surface area contributed by atoms with Gasteiger partial charge in [-0.2, -0.15) is 0 Å². The minimum atomic E-state index is 0.778. The van der Waals surface area contributed by atoms with Crippen molar-refractivity contribution in [3.05, 3.63) is 24.0 Å². The smallest absolute Gasteiger partial charge is 0.147 e. The minimum absolute atomic E-state index is 0.778. The highest BCUT2D eigenvalue weighted by atomic mass is 16.1. The van der Waals surface area contributed by atoms with Gasteiger partial charge in [-0.25, -0.2) is 0 Å². The van der Waals surface area contributed by atoms with E-state index in [0.717, 1.165) is 24.8 Å². The van der Waals surface area contributed by atoms with Crippen molar-refractivity contribution in [2.75, 3.05) is 6.54 Å². The largest absolute Gasteiger partial charge is 0.354 e. The maximum absolute atomic E-state index is 10.3. The molecule has 2 heteroatoms. The molecule has 0 bridgehead atoms. The third-order valence-electron chi connectivity index (χ3n) is 1.50. The van der Waals surface area contributed by atoms with Gasteiger partial charge in [0, 0.05) is 18.3 Å². The van der Waals surface area contributed by atoms with E-state index in [4.69, 9.17) is 0 Å². The molecule has 2 nitrogen and oxygen atoms in total. The van der Waals surface area contributed by atoms with Crippen LogP contribution in [0.1, 0.15) is 13.3 Å². The fourth-order valence-electron chi connectivity index (χ4n) is 0.908. The summed E-state index contributed by atoms with van der Waals surface area (Å²) >= 11 is 0. The molecule has 0 radical (unpaired) electrons. The standard InChI is InChI=1S/C8H11NO/c1-2-9-5-3-4-8(6-9)7-10/h3,5-7H,2,4H2,1H3. The predicted molar refractivity (Wildman–Crippen MR) is 40.3 cm³/mol. The van der Waals surface area contributed by atoms with Crippen LogP contribution < -0.4 is 0 Å². The van der Waals surface area contributed by atoms with Crippen LogP contribution >= 0.6 is 0 Å². The van der Waals surface area contributed by atoms with Gasteiger partial charge in [0.2, 0.25) is 0 Å². The van der Waals surface area contributed by atoms with Crippen molar-refractivity contribution in [3.8, 4) is 0 Å². The first-order valence-corrected chi connectivity index (χ1v) is 3.45. The lowest BCUT2D eigenvalue weighted by atomic mass is 10.2. The normalized spacial score (nSPS) is 16.9. The van der Waals surface area contributed by atoms with E-state index in [1.807, 2.05) is 23.4 Å². The fraction of sp³-hybridized carbons (Fsp3) is 0.375. The molecule has 1 aliphatic heterocycles. The molecular weight excluding hydrogens is 126 g/mol. The average Bonchev–Trinajstić information content (AvgIpc) is 2.05. The van der Waals surface area contributed by atoms with Crippen molar-refractivity contribution in [3.63, 3.8) is 0 Å². The summed E-state index contributed by atoms with van der Waals surface area (Å²) in [6, 6.07) is 0. The van der Waals surface area contributed by atoms with Crippen LogP contribution in [0.5, 0.6) is 0 Å². The van der Waals surface area contributed by atoms with Gasteiger partial charge in [0.15, 0.2) is 0 Å². The molecule has 0 fully saturated rings. The Bertz CT molecular complexity index is 182. The van der Waals surface area contributed by atoms with Crippen molar-refractivity contribution in [1.29, 1.82) is 0 Å². The number of hydrogen-bond donors (Lipinski definition) is 0.